The summed E-state index contributed by atoms with van der Waals surface area (Å²) in [5.41, 5.74) is -0.769. The second-order valence-electron chi connectivity index (χ2n) is 2.44. The Balaban J connectivity index is 3.41. The van der Waals surface area contributed by atoms with Crippen molar-refractivity contribution in [1.82, 2.24) is 4.98 Å². The number of hydrogen-bond donors (Lipinski definition) is 1. The van der Waals surface area contributed by atoms with Gasteiger partial charge in [-0.3, -0.25) is 4.98 Å². The van der Waals surface area contributed by atoms with E-state index < -0.39 is 23.3 Å². The van der Waals surface area contributed by atoms with E-state index in [1.807, 2.05) is 0 Å². The Hall–Kier alpha value is -1.70. The Morgan fingerprint density at radius 3 is 2.69 bits per heavy atom. The molecule has 3 nitrogen and oxygen atoms in total. The highest BCUT2D eigenvalue weighted by Gasteiger charge is 2.18. The van der Waals surface area contributed by atoms with Gasteiger partial charge in [-0.25, -0.2) is 8.78 Å². The van der Waals surface area contributed by atoms with E-state index in [0.717, 1.165) is 6.20 Å². The third kappa shape index (κ3) is 1.56. The second-order valence-corrected chi connectivity index (χ2v) is 2.44. The van der Waals surface area contributed by atoms with Gasteiger partial charge in [-0.15, -0.1) is 0 Å². The zero-order valence-electron chi connectivity index (χ0n) is 6.75. The van der Waals surface area contributed by atoms with E-state index in [0.29, 0.717) is 0 Å². The summed E-state index contributed by atoms with van der Waals surface area (Å²) in [6, 6.07) is 1.52. The predicted octanol–water partition coefficient (Wildman–Crippen LogP) is 1.90. The van der Waals surface area contributed by atoms with E-state index in [9.17, 15) is 13.9 Å². The molecule has 1 N–H and O–H groups in total. The summed E-state index contributed by atoms with van der Waals surface area (Å²) in [6.07, 6.45) is -1.90. The number of rotatable bonds is 1. The van der Waals surface area contributed by atoms with Crippen molar-refractivity contribution in [3.05, 3.63) is 23.0 Å². The quantitative estimate of drug-likeness (QED) is 0.725. The van der Waals surface area contributed by atoms with Crippen molar-refractivity contribution >= 4 is 0 Å². The van der Waals surface area contributed by atoms with Crippen LogP contribution in [0.15, 0.2) is 6.20 Å². The maximum Gasteiger partial charge on any atom is 0.266 e. The molecule has 0 fully saturated rings. The average Bonchev–Trinajstić information content (AvgIpc) is 2.09. The van der Waals surface area contributed by atoms with Gasteiger partial charge in [-0.2, -0.15) is 5.26 Å². The highest BCUT2D eigenvalue weighted by atomic mass is 19.3. The number of pyridine rings is 1. The van der Waals surface area contributed by atoms with Crippen LogP contribution in [0.4, 0.5) is 8.78 Å². The minimum Gasteiger partial charge on any atom is -0.505 e. The van der Waals surface area contributed by atoms with Gasteiger partial charge in [-0.05, 0) is 6.92 Å². The van der Waals surface area contributed by atoms with Crippen molar-refractivity contribution in [2.75, 3.05) is 0 Å². The van der Waals surface area contributed by atoms with Crippen LogP contribution >= 0.6 is 0 Å². The fourth-order valence-electron chi connectivity index (χ4n) is 0.893. The number of nitrogens with zero attached hydrogens (tertiary/aromatic N) is 2. The lowest BCUT2D eigenvalue weighted by Crippen LogP contribution is -1.95. The van der Waals surface area contributed by atoms with E-state index in [4.69, 9.17) is 5.26 Å². The van der Waals surface area contributed by atoms with Crippen molar-refractivity contribution in [3.8, 4) is 11.8 Å². The number of aromatic nitrogens is 1. The third-order valence-corrected chi connectivity index (χ3v) is 1.61. The molecule has 0 amide bonds. The molecule has 0 aliphatic rings. The molecule has 0 saturated heterocycles. The van der Waals surface area contributed by atoms with Crippen LogP contribution in [-0.2, 0) is 0 Å². The number of aromatic hydroxyl groups is 1. The molecule has 1 heterocycles. The first-order valence-electron chi connectivity index (χ1n) is 3.44. The van der Waals surface area contributed by atoms with Gasteiger partial charge in [0, 0.05) is 6.20 Å². The first-order valence-corrected chi connectivity index (χ1v) is 3.44. The molecule has 13 heavy (non-hydrogen) atoms. The Labute approximate surface area is 73.3 Å². The van der Waals surface area contributed by atoms with E-state index in [2.05, 4.69) is 4.98 Å². The van der Waals surface area contributed by atoms with Crippen LogP contribution in [0.2, 0.25) is 0 Å². The van der Waals surface area contributed by atoms with Crippen LogP contribution in [0.5, 0.6) is 5.75 Å². The lowest BCUT2D eigenvalue weighted by atomic mass is 10.1. The Morgan fingerprint density at radius 1 is 1.62 bits per heavy atom. The van der Waals surface area contributed by atoms with Gasteiger partial charge < -0.3 is 5.11 Å². The normalized spacial score (nSPS) is 10.1. The number of halogens is 2. The van der Waals surface area contributed by atoms with Crippen LogP contribution in [0, 0.1) is 18.3 Å². The Kier molecular flexibility index (Phi) is 2.42. The molecule has 0 radical (unpaired) electrons. The fraction of sp³-hybridized carbons (Fsp3) is 0.250. The van der Waals surface area contributed by atoms with E-state index >= 15 is 0 Å². The summed E-state index contributed by atoms with van der Waals surface area (Å²) in [5, 5.41) is 17.7. The van der Waals surface area contributed by atoms with Crippen LogP contribution in [0.1, 0.15) is 23.2 Å². The summed E-state index contributed by atoms with van der Waals surface area (Å²) < 4.78 is 24.4. The van der Waals surface area contributed by atoms with E-state index in [1.54, 1.807) is 0 Å². The van der Waals surface area contributed by atoms with Crippen molar-refractivity contribution < 1.29 is 13.9 Å². The summed E-state index contributed by atoms with van der Waals surface area (Å²) in [6.45, 7) is 1.44. The third-order valence-electron chi connectivity index (χ3n) is 1.61. The molecule has 0 aliphatic heterocycles. The van der Waals surface area contributed by atoms with Crippen molar-refractivity contribution in [3.63, 3.8) is 0 Å². The zero-order chi connectivity index (χ0) is 10.0. The first-order chi connectivity index (χ1) is 6.07. The molecular weight excluding hydrogens is 178 g/mol. The number of aryl methyl sites for hydroxylation is 1. The molecule has 0 saturated carbocycles. The molecule has 0 atom stereocenters. The molecule has 0 bridgehead atoms. The first kappa shape index (κ1) is 9.39. The maximum atomic E-state index is 12.2. The van der Waals surface area contributed by atoms with E-state index in [-0.39, 0.29) is 5.69 Å². The topological polar surface area (TPSA) is 56.9 Å². The largest absolute Gasteiger partial charge is 0.505 e. The van der Waals surface area contributed by atoms with Crippen molar-refractivity contribution in [2.24, 2.45) is 0 Å². The molecule has 0 aliphatic carbocycles. The predicted molar refractivity (Wildman–Crippen MR) is 40.3 cm³/mol. The number of hydrogen-bond acceptors (Lipinski definition) is 3. The molecule has 5 heteroatoms. The lowest BCUT2D eigenvalue weighted by molar-refractivity contribution is 0.150. The van der Waals surface area contributed by atoms with Crippen LogP contribution in [-0.4, -0.2) is 10.1 Å². The van der Waals surface area contributed by atoms with Gasteiger partial charge in [0.2, 0.25) is 0 Å². The minimum atomic E-state index is -2.80. The summed E-state index contributed by atoms with van der Waals surface area (Å²) in [7, 11) is 0. The molecule has 1 aromatic rings. The number of alkyl halides is 2. The van der Waals surface area contributed by atoms with E-state index in [1.165, 1.54) is 13.0 Å². The van der Waals surface area contributed by atoms with Crippen LogP contribution in [0.25, 0.3) is 0 Å². The molecular formula is C8H6F2N2O. The summed E-state index contributed by atoms with van der Waals surface area (Å²) in [4.78, 5) is 3.53. The zero-order valence-corrected chi connectivity index (χ0v) is 6.75. The Bertz CT molecular complexity index is 371. The molecule has 1 aromatic heterocycles. The standard InChI is InChI=1S/C8H6F2N2O/c1-4-7(13)5(2-11)6(3-12-4)8(9)10/h3,8,13H,1H3. The van der Waals surface area contributed by atoms with Gasteiger partial charge in [0.15, 0.2) is 5.75 Å². The average molecular weight is 184 g/mol. The second kappa shape index (κ2) is 3.35. The van der Waals surface area contributed by atoms with Gasteiger partial charge >= 0.3 is 0 Å². The maximum absolute atomic E-state index is 12.2. The van der Waals surface area contributed by atoms with Crippen LogP contribution in [0.3, 0.4) is 0 Å². The van der Waals surface area contributed by atoms with Gasteiger partial charge in [0.25, 0.3) is 6.43 Å². The summed E-state index contributed by atoms with van der Waals surface area (Å²) >= 11 is 0. The lowest BCUT2D eigenvalue weighted by Gasteiger charge is -2.05. The smallest absolute Gasteiger partial charge is 0.266 e. The van der Waals surface area contributed by atoms with Crippen molar-refractivity contribution in [1.29, 1.82) is 5.26 Å². The highest BCUT2D eigenvalue weighted by Crippen LogP contribution is 2.29. The van der Waals surface area contributed by atoms with Crippen LogP contribution < -0.4 is 0 Å². The Morgan fingerprint density at radius 2 is 2.23 bits per heavy atom. The highest BCUT2D eigenvalue weighted by molar-refractivity contribution is 5.49. The molecule has 0 unspecified atom stereocenters. The monoisotopic (exact) mass is 184 g/mol. The van der Waals surface area contributed by atoms with Gasteiger partial charge in [0.05, 0.1) is 11.3 Å². The molecule has 1 rings (SSSR count). The molecule has 0 aromatic carbocycles. The molecule has 68 valence electrons. The van der Waals surface area contributed by atoms with Gasteiger partial charge in [-0.1, -0.05) is 0 Å². The molecule has 0 spiro atoms. The SMILES string of the molecule is Cc1ncc(C(F)F)c(C#N)c1O. The number of nitriles is 1. The minimum absolute atomic E-state index is 0.168. The summed E-state index contributed by atoms with van der Waals surface area (Å²) in [5.74, 6) is -0.472. The van der Waals surface area contributed by atoms with Crippen molar-refractivity contribution in [2.45, 2.75) is 13.3 Å². The van der Waals surface area contributed by atoms with Gasteiger partial charge in [0.1, 0.15) is 11.6 Å². The fourth-order valence-corrected chi connectivity index (χ4v) is 0.893.